The number of halogens is 1. The number of fused-ring (bicyclic) bond motifs is 3. The molecule has 2 aliphatic heterocycles. The maximum Gasteiger partial charge on any atom is 0.320 e. The van der Waals surface area contributed by atoms with Crippen LogP contribution in [0.3, 0.4) is 0 Å². The number of methoxy groups -OCH3 is 2. The van der Waals surface area contributed by atoms with E-state index in [1.54, 1.807) is 18.0 Å². The molecule has 0 radical (unpaired) electrons. The van der Waals surface area contributed by atoms with Gasteiger partial charge in [0.05, 0.1) is 50.1 Å². The second kappa shape index (κ2) is 8.83. The molecule has 2 aromatic heterocycles. The number of esters is 1. The van der Waals surface area contributed by atoms with E-state index in [0.717, 1.165) is 42.5 Å². The Morgan fingerprint density at radius 2 is 2.03 bits per heavy atom. The van der Waals surface area contributed by atoms with Crippen molar-refractivity contribution in [3.63, 3.8) is 0 Å². The second-order valence-electron chi connectivity index (χ2n) is 9.24. The number of carbonyl (C=O) groups excluding carboxylic acids is 1. The summed E-state index contributed by atoms with van der Waals surface area (Å²) in [6.45, 7) is 1.97. The van der Waals surface area contributed by atoms with Crippen LogP contribution >= 0.6 is 11.6 Å². The van der Waals surface area contributed by atoms with Gasteiger partial charge in [-0.25, -0.2) is 4.68 Å². The smallest absolute Gasteiger partial charge is 0.320 e. The molecule has 2 saturated heterocycles. The summed E-state index contributed by atoms with van der Waals surface area (Å²) in [6.07, 6.45) is 4.25. The van der Waals surface area contributed by atoms with Crippen LogP contribution < -0.4 is 14.4 Å². The fourth-order valence-electron chi connectivity index (χ4n) is 5.51. The van der Waals surface area contributed by atoms with Gasteiger partial charge in [0, 0.05) is 36.5 Å². The quantitative estimate of drug-likeness (QED) is 0.473. The molecular formula is C24H26ClN5O5. The lowest BCUT2D eigenvalue weighted by atomic mass is 9.95. The summed E-state index contributed by atoms with van der Waals surface area (Å²) in [5, 5.41) is 5.96. The molecule has 3 aromatic rings. The van der Waals surface area contributed by atoms with Crippen LogP contribution in [0.5, 0.6) is 11.8 Å². The molecule has 6 rings (SSSR count). The first-order valence-electron chi connectivity index (χ1n) is 11.7. The number of hydrogen-bond donors (Lipinski definition) is 0. The fraction of sp³-hybridized carbons (Fsp3) is 0.500. The number of ether oxygens (including phenoxy) is 4. The van der Waals surface area contributed by atoms with Gasteiger partial charge in [0.2, 0.25) is 0 Å². The van der Waals surface area contributed by atoms with Gasteiger partial charge in [-0.05, 0) is 24.8 Å². The molecule has 10 nitrogen and oxygen atoms in total. The number of piperidine rings is 1. The van der Waals surface area contributed by atoms with Gasteiger partial charge in [0.25, 0.3) is 0 Å². The zero-order chi connectivity index (χ0) is 24.1. The summed E-state index contributed by atoms with van der Waals surface area (Å²) >= 11 is 6.49. The van der Waals surface area contributed by atoms with E-state index in [1.807, 2.05) is 18.2 Å². The third-order valence-electron chi connectivity index (χ3n) is 7.22. The van der Waals surface area contributed by atoms with Gasteiger partial charge in [-0.15, -0.1) is 0 Å². The third-order valence-corrected chi connectivity index (χ3v) is 7.52. The van der Waals surface area contributed by atoms with E-state index in [1.165, 1.54) is 7.11 Å². The van der Waals surface area contributed by atoms with Crippen LogP contribution in [0.15, 0.2) is 24.4 Å². The number of anilines is 1. The van der Waals surface area contributed by atoms with Gasteiger partial charge in [0.1, 0.15) is 17.7 Å². The van der Waals surface area contributed by atoms with E-state index in [4.69, 9.17) is 30.5 Å². The Hall–Kier alpha value is -3.11. The highest BCUT2D eigenvalue weighted by Gasteiger charge is 2.48. The third kappa shape index (κ3) is 3.94. The standard InChI is InChI=1S/C24H26ClN5O5/c1-32-23(31)17-7-15-5-14(17)11-29(15)21-9-22(28-24(27-21)33-2)30-19-8-20(35-16-3-4-34-12-16)18(25)6-13(19)10-26-30/h6,8-10,14-17H,3-5,7,11-12H2,1-2H3. The molecule has 0 spiro atoms. The summed E-state index contributed by atoms with van der Waals surface area (Å²) < 4.78 is 23.7. The van der Waals surface area contributed by atoms with Crippen LogP contribution in [-0.2, 0) is 14.3 Å². The van der Waals surface area contributed by atoms with Gasteiger partial charge >= 0.3 is 12.0 Å². The molecule has 4 atom stereocenters. The van der Waals surface area contributed by atoms with Crippen molar-refractivity contribution in [3.8, 4) is 17.6 Å². The number of benzene rings is 1. The molecule has 2 bridgehead atoms. The van der Waals surface area contributed by atoms with Crippen LogP contribution in [0.1, 0.15) is 19.3 Å². The first kappa shape index (κ1) is 22.4. The summed E-state index contributed by atoms with van der Waals surface area (Å²) in [4.78, 5) is 23.5. The van der Waals surface area contributed by atoms with Crippen LogP contribution in [0.2, 0.25) is 5.02 Å². The molecule has 35 heavy (non-hydrogen) atoms. The first-order chi connectivity index (χ1) is 17.0. The average Bonchev–Trinajstić information content (AvgIpc) is 3.67. The number of nitrogens with zero attached hydrogens (tertiary/aromatic N) is 5. The molecule has 4 heterocycles. The Morgan fingerprint density at radius 3 is 2.74 bits per heavy atom. The normalized spacial score (nSPS) is 25.4. The topological polar surface area (TPSA) is 101 Å². The Morgan fingerprint density at radius 1 is 1.17 bits per heavy atom. The van der Waals surface area contributed by atoms with Crippen molar-refractivity contribution in [1.29, 1.82) is 0 Å². The Labute approximate surface area is 207 Å². The van der Waals surface area contributed by atoms with Crippen molar-refractivity contribution in [1.82, 2.24) is 19.7 Å². The molecule has 3 fully saturated rings. The van der Waals surface area contributed by atoms with E-state index in [-0.39, 0.29) is 36.0 Å². The SMILES string of the molecule is COC(=O)C1CC2CC1CN2c1cc(-n2ncc3cc(Cl)c(OC4CCOC4)cc32)nc(OC)n1. The molecule has 4 unspecified atom stereocenters. The molecule has 0 N–H and O–H groups in total. The highest BCUT2D eigenvalue weighted by molar-refractivity contribution is 6.32. The van der Waals surface area contributed by atoms with Crippen molar-refractivity contribution >= 4 is 34.3 Å². The zero-order valence-electron chi connectivity index (χ0n) is 19.5. The largest absolute Gasteiger partial charge is 0.486 e. The highest BCUT2D eigenvalue weighted by atomic mass is 35.5. The minimum Gasteiger partial charge on any atom is -0.486 e. The average molecular weight is 500 g/mol. The van der Waals surface area contributed by atoms with Crippen LogP contribution in [0.4, 0.5) is 5.82 Å². The lowest BCUT2D eigenvalue weighted by Gasteiger charge is -2.31. The summed E-state index contributed by atoms with van der Waals surface area (Å²) in [5.74, 6) is 1.99. The van der Waals surface area contributed by atoms with Crippen LogP contribution in [0, 0.1) is 11.8 Å². The van der Waals surface area contributed by atoms with Gasteiger partial charge in [-0.3, -0.25) is 4.79 Å². The summed E-state index contributed by atoms with van der Waals surface area (Å²) in [7, 11) is 3.00. The molecule has 3 aliphatic rings. The number of hydrogen-bond acceptors (Lipinski definition) is 9. The van der Waals surface area contributed by atoms with Gasteiger partial charge in [-0.1, -0.05) is 11.6 Å². The Kier molecular flexibility index (Phi) is 5.64. The monoisotopic (exact) mass is 499 g/mol. The van der Waals surface area contributed by atoms with Crippen LogP contribution in [-0.4, -0.2) is 71.8 Å². The van der Waals surface area contributed by atoms with E-state index in [9.17, 15) is 4.79 Å². The van der Waals surface area contributed by atoms with Crippen molar-refractivity contribution < 1.29 is 23.7 Å². The fourth-order valence-corrected chi connectivity index (χ4v) is 5.72. The van der Waals surface area contributed by atoms with Gasteiger partial charge < -0.3 is 23.8 Å². The van der Waals surface area contributed by atoms with E-state index in [2.05, 4.69) is 20.0 Å². The maximum absolute atomic E-state index is 12.1. The van der Waals surface area contributed by atoms with Gasteiger partial charge in [0.15, 0.2) is 5.82 Å². The van der Waals surface area contributed by atoms with Crippen molar-refractivity contribution in [3.05, 3.63) is 29.4 Å². The summed E-state index contributed by atoms with van der Waals surface area (Å²) in [5.41, 5.74) is 0.809. The van der Waals surface area contributed by atoms with Crippen molar-refractivity contribution in [2.75, 3.05) is 38.9 Å². The minimum absolute atomic E-state index is 0.0218. The van der Waals surface area contributed by atoms with Crippen LogP contribution in [0.25, 0.3) is 16.7 Å². The maximum atomic E-state index is 12.1. The second-order valence-corrected chi connectivity index (χ2v) is 9.65. The van der Waals surface area contributed by atoms with E-state index < -0.39 is 0 Å². The highest BCUT2D eigenvalue weighted by Crippen LogP contribution is 2.44. The molecule has 0 amide bonds. The molecule has 1 aliphatic carbocycles. The lowest BCUT2D eigenvalue weighted by molar-refractivity contribution is -0.146. The number of aromatic nitrogens is 4. The van der Waals surface area contributed by atoms with Gasteiger partial charge in [-0.2, -0.15) is 15.1 Å². The number of carbonyl (C=O) groups is 1. The Bertz CT molecular complexity index is 1280. The lowest BCUT2D eigenvalue weighted by Crippen LogP contribution is -2.38. The predicted octanol–water partition coefficient (Wildman–Crippen LogP) is 3.03. The minimum atomic E-state index is -0.123. The summed E-state index contributed by atoms with van der Waals surface area (Å²) in [6, 6.07) is 6.11. The predicted molar refractivity (Wildman–Crippen MR) is 127 cm³/mol. The molecule has 11 heteroatoms. The first-order valence-corrected chi connectivity index (χ1v) is 12.1. The zero-order valence-corrected chi connectivity index (χ0v) is 20.3. The molecule has 1 aromatic carbocycles. The van der Waals surface area contributed by atoms with Crippen molar-refractivity contribution in [2.24, 2.45) is 11.8 Å². The molecule has 1 saturated carbocycles. The molecule has 184 valence electrons. The number of rotatable bonds is 6. The van der Waals surface area contributed by atoms with Crippen molar-refractivity contribution in [2.45, 2.75) is 31.4 Å². The Balaban J connectivity index is 1.34. The molecular weight excluding hydrogens is 474 g/mol. The van der Waals surface area contributed by atoms with E-state index >= 15 is 0 Å². The van der Waals surface area contributed by atoms with E-state index in [0.29, 0.717) is 29.8 Å².